The summed E-state index contributed by atoms with van der Waals surface area (Å²) in [7, 11) is 0. The van der Waals surface area contributed by atoms with Crippen LogP contribution in [0, 0.1) is 0 Å². The minimum absolute atomic E-state index is 0.399. The SMILES string of the molecule is C=CCCCCCCCCOc1ccc(C(=O)Oc2ccc(-c3ncc(CCCCCC)cn3)cc2)cc1. The number of aryl methyl sites for hydroxylation is 1. The van der Waals surface area contributed by atoms with Crippen LogP contribution in [0.25, 0.3) is 11.4 Å². The zero-order valence-corrected chi connectivity index (χ0v) is 22.9. The van der Waals surface area contributed by atoms with Crippen LogP contribution in [-0.2, 0) is 6.42 Å². The van der Waals surface area contributed by atoms with Gasteiger partial charge in [0.25, 0.3) is 0 Å². The fourth-order valence-corrected chi connectivity index (χ4v) is 4.20. The van der Waals surface area contributed by atoms with Gasteiger partial charge in [0.15, 0.2) is 5.82 Å². The molecular formula is C33H42N2O3. The molecule has 5 heteroatoms. The van der Waals surface area contributed by atoms with Crippen LogP contribution in [0.4, 0.5) is 0 Å². The number of ether oxygens (including phenoxy) is 2. The molecule has 3 aromatic rings. The highest BCUT2D eigenvalue weighted by Gasteiger charge is 2.10. The van der Waals surface area contributed by atoms with Gasteiger partial charge in [0, 0.05) is 18.0 Å². The number of hydrogen-bond acceptors (Lipinski definition) is 5. The molecule has 1 aromatic heterocycles. The Morgan fingerprint density at radius 3 is 2.11 bits per heavy atom. The number of hydrogen-bond donors (Lipinski definition) is 0. The van der Waals surface area contributed by atoms with Gasteiger partial charge in [-0.3, -0.25) is 0 Å². The van der Waals surface area contributed by atoms with Gasteiger partial charge in [-0.15, -0.1) is 6.58 Å². The number of esters is 1. The first-order chi connectivity index (χ1) is 18.7. The standard InChI is InChI=1S/C33H42N2O3/c1-3-5-7-9-10-11-12-14-24-37-30-20-18-29(19-21-30)33(36)38-31-22-16-28(17-23-31)32-34-25-27(26-35-32)15-13-8-6-4-2/h3,16-23,25-26H,1,4-15,24H2,2H3. The smallest absolute Gasteiger partial charge is 0.343 e. The molecule has 38 heavy (non-hydrogen) atoms. The van der Waals surface area contributed by atoms with Crippen LogP contribution in [0.5, 0.6) is 11.5 Å². The van der Waals surface area contributed by atoms with Crippen molar-refractivity contribution in [1.82, 2.24) is 9.97 Å². The lowest BCUT2D eigenvalue weighted by atomic mass is 10.1. The zero-order valence-electron chi connectivity index (χ0n) is 22.9. The van der Waals surface area contributed by atoms with Crippen LogP contribution in [0.2, 0.25) is 0 Å². The molecule has 0 aliphatic carbocycles. The van der Waals surface area contributed by atoms with Crippen molar-refractivity contribution in [3.05, 3.63) is 84.7 Å². The highest BCUT2D eigenvalue weighted by Crippen LogP contribution is 2.21. The fraction of sp³-hybridized carbons (Fsp3) is 0.424. The number of benzene rings is 2. The van der Waals surface area contributed by atoms with Crippen LogP contribution in [-0.4, -0.2) is 22.5 Å². The van der Waals surface area contributed by atoms with Crippen molar-refractivity contribution in [2.75, 3.05) is 6.61 Å². The van der Waals surface area contributed by atoms with Gasteiger partial charge in [-0.25, -0.2) is 14.8 Å². The van der Waals surface area contributed by atoms with Crippen LogP contribution < -0.4 is 9.47 Å². The third kappa shape index (κ3) is 10.5. The Hall–Kier alpha value is -3.47. The van der Waals surface area contributed by atoms with Crippen molar-refractivity contribution in [2.45, 2.75) is 84.0 Å². The number of nitrogens with zero attached hydrogens (tertiary/aromatic N) is 2. The summed E-state index contributed by atoms with van der Waals surface area (Å²) in [5.41, 5.74) is 2.53. The third-order valence-corrected chi connectivity index (χ3v) is 6.51. The molecule has 0 N–H and O–H groups in total. The first-order valence-corrected chi connectivity index (χ1v) is 14.2. The Labute approximate surface area is 228 Å². The predicted octanol–water partition coefficient (Wildman–Crippen LogP) is 8.78. The van der Waals surface area contributed by atoms with Crippen molar-refractivity contribution in [2.24, 2.45) is 0 Å². The summed E-state index contributed by atoms with van der Waals surface area (Å²) < 4.78 is 11.4. The summed E-state index contributed by atoms with van der Waals surface area (Å²) in [6, 6.07) is 14.4. The molecule has 202 valence electrons. The first kappa shape index (κ1) is 29.1. The van der Waals surface area contributed by atoms with E-state index < -0.39 is 5.97 Å². The maximum Gasteiger partial charge on any atom is 0.343 e. The summed E-state index contributed by atoms with van der Waals surface area (Å²) in [5, 5.41) is 0. The quantitative estimate of drug-likeness (QED) is 0.0734. The van der Waals surface area contributed by atoms with E-state index in [2.05, 4.69) is 23.5 Å². The zero-order chi connectivity index (χ0) is 26.8. The number of rotatable bonds is 18. The second-order valence-electron chi connectivity index (χ2n) is 9.71. The molecule has 0 bridgehead atoms. The molecule has 0 spiro atoms. The van der Waals surface area contributed by atoms with Crippen molar-refractivity contribution >= 4 is 5.97 Å². The van der Waals surface area contributed by atoms with Crippen molar-refractivity contribution < 1.29 is 14.3 Å². The second-order valence-corrected chi connectivity index (χ2v) is 9.71. The average molecular weight is 515 g/mol. The largest absolute Gasteiger partial charge is 0.494 e. The monoisotopic (exact) mass is 514 g/mol. The Morgan fingerprint density at radius 2 is 1.42 bits per heavy atom. The van der Waals surface area contributed by atoms with E-state index >= 15 is 0 Å². The summed E-state index contributed by atoms with van der Waals surface area (Å²) in [4.78, 5) is 21.6. The number of allylic oxidation sites excluding steroid dienone is 1. The van der Waals surface area contributed by atoms with Gasteiger partial charge in [-0.05, 0) is 86.2 Å². The average Bonchev–Trinajstić information content (AvgIpc) is 2.95. The lowest BCUT2D eigenvalue weighted by Crippen LogP contribution is -2.08. The summed E-state index contributed by atoms with van der Waals surface area (Å²) in [5.74, 6) is 1.52. The minimum atomic E-state index is -0.399. The predicted molar refractivity (Wildman–Crippen MR) is 155 cm³/mol. The van der Waals surface area contributed by atoms with Gasteiger partial charge in [-0.1, -0.05) is 57.9 Å². The summed E-state index contributed by atoms with van der Waals surface area (Å²) in [6.45, 7) is 6.66. The topological polar surface area (TPSA) is 61.3 Å². The molecular weight excluding hydrogens is 472 g/mol. The van der Waals surface area contributed by atoms with Crippen molar-refractivity contribution in [3.8, 4) is 22.9 Å². The van der Waals surface area contributed by atoms with Gasteiger partial charge in [-0.2, -0.15) is 0 Å². The molecule has 0 fully saturated rings. The number of carbonyl (C=O) groups is 1. The molecule has 0 aliphatic heterocycles. The van der Waals surface area contributed by atoms with Crippen LogP contribution in [0.1, 0.15) is 93.5 Å². The molecule has 0 saturated heterocycles. The molecule has 0 amide bonds. The first-order valence-electron chi connectivity index (χ1n) is 14.2. The molecule has 0 saturated carbocycles. The van der Waals surface area contributed by atoms with Crippen molar-refractivity contribution in [1.29, 1.82) is 0 Å². The highest BCUT2D eigenvalue weighted by atomic mass is 16.5. The van der Waals surface area contributed by atoms with E-state index in [0.29, 0.717) is 23.7 Å². The Bertz CT molecular complexity index is 1080. The van der Waals surface area contributed by atoms with Crippen LogP contribution >= 0.6 is 0 Å². The number of aromatic nitrogens is 2. The Morgan fingerprint density at radius 1 is 0.789 bits per heavy atom. The maximum absolute atomic E-state index is 12.6. The van der Waals surface area contributed by atoms with E-state index in [1.807, 2.05) is 42.7 Å². The van der Waals surface area contributed by atoms with E-state index in [9.17, 15) is 4.79 Å². The fourth-order valence-electron chi connectivity index (χ4n) is 4.20. The van der Waals surface area contributed by atoms with E-state index in [-0.39, 0.29) is 0 Å². The Balaban J connectivity index is 1.39. The van der Waals surface area contributed by atoms with Gasteiger partial charge < -0.3 is 9.47 Å². The number of unbranched alkanes of at least 4 members (excludes halogenated alkanes) is 9. The molecule has 0 atom stereocenters. The van der Waals surface area contributed by atoms with Gasteiger partial charge in [0.1, 0.15) is 11.5 Å². The van der Waals surface area contributed by atoms with Gasteiger partial charge in [0.2, 0.25) is 0 Å². The van der Waals surface area contributed by atoms with E-state index in [1.54, 1.807) is 24.3 Å². The normalized spacial score (nSPS) is 10.8. The maximum atomic E-state index is 12.6. The lowest BCUT2D eigenvalue weighted by molar-refractivity contribution is 0.0734. The minimum Gasteiger partial charge on any atom is -0.494 e. The molecule has 5 nitrogen and oxygen atoms in total. The molecule has 0 radical (unpaired) electrons. The summed E-state index contributed by atoms with van der Waals surface area (Å²) in [6.07, 6.45) is 20.1. The highest BCUT2D eigenvalue weighted by molar-refractivity contribution is 5.91. The third-order valence-electron chi connectivity index (χ3n) is 6.51. The molecule has 2 aromatic carbocycles. The van der Waals surface area contributed by atoms with Gasteiger partial charge >= 0.3 is 5.97 Å². The van der Waals surface area contributed by atoms with Crippen LogP contribution in [0.15, 0.2) is 73.6 Å². The van der Waals surface area contributed by atoms with Gasteiger partial charge in [0.05, 0.1) is 12.2 Å². The second kappa shape index (κ2) is 17.1. The van der Waals surface area contributed by atoms with E-state index in [4.69, 9.17) is 9.47 Å². The molecule has 0 aliphatic rings. The molecule has 1 heterocycles. The number of carbonyl (C=O) groups excluding carboxylic acids is 1. The van der Waals surface area contributed by atoms with Crippen molar-refractivity contribution in [3.63, 3.8) is 0 Å². The van der Waals surface area contributed by atoms with Crippen LogP contribution in [0.3, 0.4) is 0 Å². The van der Waals surface area contributed by atoms with E-state index in [1.165, 1.54) is 57.8 Å². The molecule has 3 rings (SSSR count). The Kier molecular flexibility index (Phi) is 13.1. The molecule has 0 unspecified atom stereocenters. The van der Waals surface area contributed by atoms with E-state index in [0.717, 1.165) is 36.1 Å². The summed E-state index contributed by atoms with van der Waals surface area (Å²) >= 11 is 0. The lowest BCUT2D eigenvalue weighted by Gasteiger charge is -2.08.